The Balaban J connectivity index is 2.17. The third-order valence-electron chi connectivity index (χ3n) is 3.48. The summed E-state index contributed by atoms with van der Waals surface area (Å²) in [4.78, 5) is 3.71. The summed E-state index contributed by atoms with van der Waals surface area (Å²) in [5.41, 5.74) is 5.31. The van der Waals surface area contributed by atoms with Gasteiger partial charge in [-0.25, -0.2) is 0 Å². The number of nitrogens with zero attached hydrogens (tertiary/aromatic N) is 1. The van der Waals surface area contributed by atoms with E-state index in [9.17, 15) is 0 Å². The molecule has 4 heteroatoms. The van der Waals surface area contributed by atoms with Crippen LogP contribution in [0.4, 0.5) is 0 Å². The smallest absolute Gasteiger partial charge is 0.120 e. The maximum absolute atomic E-state index is 5.92. The highest BCUT2D eigenvalue weighted by Crippen LogP contribution is 2.36. The Kier molecular flexibility index (Phi) is 6.78. The van der Waals surface area contributed by atoms with Gasteiger partial charge in [-0.15, -0.1) is 11.8 Å². The number of rotatable bonds is 9. The highest BCUT2D eigenvalue weighted by Gasteiger charge is 2.19. The molecule has 0 spiro atoms. The van der Waals surface area contributed by atoms with Gasteiger partial charge in [-0.2, -0.15) is 0 Å². The van der Waals surface area contributed by atoms with Crippen LogP contribution in [0.15, 0.2) is 40.4 Å². The zero-order valence-electron chi connectivity index (χ0n) is 14.3. The number of benzene rings is 1. The van der Waals surface area contributed by atoms with Gasteiger partial charge in [0.25, 0.3) is 0 Å². The van der Waals surface area contributed by atoms with Gasteiger partial charge in [0.1, 0.15) is 5.75 Å². The van der Waals surface area contributed by atoms with Gasteiger partial charge in [-0.3, -0.25) is 4.99 Å². The second-order valence-electron chi connectivity index (χ2n) is 5.82. The molecule has 1 fully saturated rings. The summed E-state index contributed by atoms with van der Waals surface area (Å²) in [6, 6.07) is 6.57. The van der Waals surface area contributed by atoms with Crippen LogP contribution in [0, 0.1) is 0 Å². The van der Waals surface area contributed by atoms with Crippen molar-refractivity contribution < 1.29 is 4.74 Å². The lowest BCUT2D eigenvalue weighted by Gasteiger charge is -2.16. The third-order valence-corrected chi connectivity index (χ3v) is 4.11. The van der Waals surface area contributed by atoms with Crippen molar-refractivity contribution in [1.29, 1.82) is 0 Å². The number of aliphatic imine (C=N–C) groups is 1. The van der Waals surface area contributed by atoms with E-state index in [1.165, 1.54) is 35.2 Å². The molecule has 0 aliphatic heterocycles. The molecule has 3 nitrogen and oxygen atoms in total. The van der Waals surface area contributed by atoms with Crippen molar-refractivity contribution in [2.45, 2.75) is 46.1 Å². The molecule has 0 atom stereocenters. The van der Waals surface area contributed by atoms with E-state index in [1.54, 1.807) is 18.0 Å². The van der Waals surface area contributed by atoms with Crippen LogP contribution in [-0.4, -0.2) is 18.7 Å². The number of aryl methyl sites for hydroxylation is 1. The van der Waals surface area contributed by atoms with E-state index in [4.69, 9.17) is 4.74 Å². The highest BCUT2D eigenvalue weighted by atomic mass is 32.2. The summed E-state index contributed by atoms with van der Waals surface area (Å²) in [7, 11) is 0. The van der Waals surface area contributed by atoms with Gasteiger partial charge in [-0.1, -0.05) is 6.92 Å². The molecule has 124 valence electrons. The molecule has 1 N–H and O–H groups in total. The quantitative estimate of drug-likeness (QED) is 0.393. The summed E-state index contributed by atoms with van der Waals surface area (Å²) in [6.07, 6.45) is 5.28. The number of ether oxygens (including phenoxy) is 1. The molecule has 23 heavy (non-hydrogen) atoms. The van der Waals surface area contributed by atoms with E-state index in [1.807, 2.05) is 5.41 Å². The van der Waals surface area contributed by atoms with Crippen molar-refractivity contribution in [1.82, 2.24) is 5.32 Å². The Morgan fingerprint density at radius 3 is 2.78 bits per heavy atom. The van der Waals surface area contributed by atoms with Gasteiger partial charge in [-0.05, 0) is 74.6 Å². The van der Waals surface area contributed by atoms with E-state index in [0.717, 1.165) is 18.0 Å². The minimum Gasteiger partial charge on any atom is -0.491 e. The average Bonchev–Trinajstić information content (AvgIpc) is 3.34. The summed E-state index contributed by atoms with van der Waals surface area (Å²) in [6.45, 7) is 9.74. The molecule has 1 aromatic rings. The van der Waals surface area contributed by atoms with Crippen LogP contribution in [0.25, 0.3) is 5.70 Å². The van der Waals surface area contributed by atoms with Crippen LogP contribution in [0.2, 0.25) is 0 Å². The van der Waals surface area contributed by atoms with Crippen molar-refractivity contribution in [2.24, 2.45) is 4.99 Å². The zero-order valence-corrected chi connectivity index (χ0v) is 15.1. The molecule has 0 saturated heterocycles. The molecule has 1 saturated carbocycles. The normalized spacial score (nSPS) is 13.5. The molecule has 0 heterocycles. The standard InChI is InChI=1S/C19H26N2OS/c1-5-15-10-17(12-18(11-15)22-14(2)3)19(16-6-7-16)21-13-23-9-8-20-4/h8-12,14,21H,4-7,13H2,1-3H3/b9-8-. The minimum absolute atomic E-state index is 0.187. The predicted octanol–water partition coefficient (Wildman–Crippen LogP) is 4.99. The third kappa shape index (κ3) is 5.79. The Morgan fingerprint density at radius 1 is 1.39 bits per heavy atom. The van der Waals surface area contributed by atoms with Crippen LogP contribution in [0.5, 0.6) is 5.75 Å². The van der Waals surface area contributed by atoms with E-state index < -0.39 is 0 Å². The zero-order chi connectivity index (χ0) is 16.7. The van der Waals surface area contributed by atoms with Crippen molar-refractivity contribution in [3.8, 4) is 5.75 Å². The van der Waals surface area contributed by atoms with Crippen LogP contribution in [-0.2, 0) is 6.42 Å². The fraction of sp³-hybridized carbons (Fsp3) is 0.421. The fourth-order valence-corrected chi connectivity index (χ4v) is 2.84. The second-order valence-corrected chi connectivity index (χ2v) is 6.71. The highest BCUT2D eigenvalue weighted by molar-refractivity contribution is 8.02. The van der Waals surface area contributed by atoms with Crippen molar-refractivity contribution >= 4 is 24.2 Å². The van der Waals surface area contributed by atoms with Gasteiger partial charge >= 0.3 is 0 Å². The molecule has 0 bridgehead atoms. The Labute approximate surface area is 143 Å². The fourth-order valence-electron chi connectivity index (χ4n) is 2.34. The van der Waals surface area contributed by atoms with E-state index in [-0.39, 0.29) is 6.10 Å². The molecule has 1 aromatic carbocycles. The van der Waals surface area contributed by atoms with Crippen LogP contribution in [0.3, 0.4) is 0 Å². The van der Waals surface area contributed by atoms with Gasteiger partial charge < -0.3 is 10.1 Å². The lowest BCUT2D eigenvalue weighted by Crippen LogP contribution is -2.12. The Hall–Kier alpha value is -1.68. The summed E-state index contributed by atoms with van der Waals surface area (Å²) in [5, 5.41) is 5.51. The van der Waals surface area contributed by atoms with E-state index >= 15 is 0 Å². The predicted molar refractivity (Wildman–Crippen MR) is 102 cm³/mol. The number of allylic oxidation sites excluding steroid dienone is 1. The summed E-state index contributed by atoms with van der Waals surface area (Å²) < 4.78 is 5.92. The van der Waals surface area contributed by atoms with Gasteiger partial charge in [0.05, 0.1) is 12.0 Å². The van der Waals surface area contributed by atoms with Crippen LogP contribution < -0.4 is 10.1 Å². The topological polar surface area (TPSA) is 33.6 Å². The maximum Gasteiger partial charge on any atom is 0.120 e. The monoisotopic (exact) mass is 330 g/mol. The van der Waals surface area contributed by atoms with E-state index in [2.05, 4.69) is 56.0 Å². The van der Waals surface area contributed by atoms with Gasteiger partial charge in [0, 0.05) is 17.5 Å². The molecule has 1 aliphatic rings. The molecular formula is C19H26N2OS. The van der Waals surface area contributed by atoms with Crippen LogP contribution >= 0.6 is 11.8 Å². The first-order chi connectivity index (χ1) is 11.1. The van der Waals surface area contributed by atoms with Gasteiger partial charge in [0.2, 0.25) is 0 Å². The Bertz CT molecular complexity index is 599. The number of hydrogen-bond donors (Lipinski definition) is 1. The minimum atomic E-state index is 0.187. The number of nitrogens with one attached hydrogen (secondary N) is 1. The first-order valence-corrected chi connectivity index (χ1v) is 9.18. The molecule has 0 unspecified atom stereocenters. The second kappa shape index (κ2) is 8.82. The average molecular weight is 330 g/mol. The van der Waals surface area contributed by atoms with Gasteiger partial charge in [0.15, 0.2) is 0 Å². The SMILES string of the molecule is C=N/C=C\SCNC(=C1CC1)c1cc(CC)cc(OC(C)C)c1. The lowest BCUT2D eigenvalue weighted by molar-refractivity contribution is 0.242. The Morgan fingerprint density at radius 2 is 2.17 bits per heavy atom. The number of hydrogen-bond acceptors (Lipinski definition) is 4. The lowest BCUT2D eigenvalue weighted by atomic mass is 10.0. The van der Waals surface area contributed by atoms with Crippen molar-refractivity contribution in [3.05, 3.63) is 46.5 Å². The molecule has 0 radical (unpaired) electrons. The molecular weight excluding hydrogens is 304 g/mol. The molecule has 2 rings (SSSR count). The molecule has 1 aliphatic carbocycles. The first-order valence-electron chi connectivity index (χ1n) is 8.13. The summed E-state index contributed by atoms with van der Waals surface area (Å²) in [5.74, 6) is 1.78. The van der Waals surface area contributed by atoms with Crippen molar-refractivity contribution in [3.63, 3.8) is 0 Å². The van der Waals surface area contributed by atoms with E-state index in [0.29, 0.717) is 0 Å². The number of thioether (sulfide) groups is 1. The molecule has 0 amide bonds. The first kappa shape index (κ1) is 17.7. The summed E-state index contributed by atoms with van der Waals surface area (Å²) >= 11 is 1.68. The maximum atomic E-state index is 5.92. The van der Waals surface area contributed by atoms with Crippen LogP contribution in [0.1, 0.15) is 44.7 Å². The van der Waals surface area contributed by atoms with Crippen molar-refractivity contribution in [2.75, 3.05) is 5.88 Å². The molecule has 0 aromatic heterocycles. The largest absolute Gasteiger partial charge is 0.491 e.